The molecule has 0 atom stereocenters. The van der Waals surface area contributed by atoms with E-state index in [4.69, 9.17) is 10.5 Å². The number of nitrogen functional groups attached to an aromatic ring is 1. The number of nitrogens with two attached hydrogens (primary N) is 1. The number of anilines is 3. The first-order valence-electron chi connectivity index (χ1n) is 13.1. The third-order valence-corrected chi connectivity index (χ3v) is 6.95. The van der Waals surface area contributed by atoms with E-state index in [-0.39, 0.29) is 17.0 Å². The third-order valence-electron chi connectivity index (χ3n) is 6.95. The Morgan fingerprint density at radius 2 is 1.67 bits per heavy atom. The quantitative estimate of drug-likeness (QED) is 0.214. The largest absolute Gasteiger partial charge is 0.454 e. The molecule has 0 unspecified atom stereocenters. The Bertz CT molecular complexity index is 1980. The molecule has 0 saturated heterocycles. The summed E-state index contributed by atoms with van der Waals surface area (Å²) in [6.07, 6.45) is 4.85. The molecule has 3 N–H and O–H groups in total. The van der Waals surface area contributed by atoms with Gasteiger partial charge >= 0.3 is 0 Å². The van der Waals surface area contributed by atoms with Gasteiger partial charge in [-0.3, -0.25) is 4.79 Å². The predicted octanol–water partition coefficient (Wildman–Crippen LogP) is 7.21. The van der Waals surface area contributed by atoms with Crippen LogP contribution in [-0.2, 0) is 6.54 Å². The van der Waals surface area contributed by atoms with Crippen LogP contribution in [0.15, 0.2) is 108 Å². The maximum Gasteiger partial charge on any atom is 0.200 e. The average Bonchev–Trinajstić information content (AvgIpc) is 2.99. The number of pyridine rings is 3. The number of halogens is 2. The third kappa shape index (κ3) is 5.27. The first-order chi connectivity index (χ1) is 20.4. The van der Waals surface area contributed by atoms with Gasteiger partial charge in [-0.25, -0.2) is 18.7 Å². The Labute approximate surface area is 239 Å². The molecule has 3 heterocycles. The Hall–Kier alpha value is -5.57. The summed E-state index contributed by atoms with van der Waals surface area (Å²) in [7, 11) is 0. The molecular formula is C33H25F2N5O2. The molecule has 0 aliphatic carbocycles. The van der Waals surface area contributed by atoms with Gasteiger partial charge in [-0.15, -0.1) is 0 Å². The molecule has 0 spiro atoms. The van der Waals surface area contributed by atoms with Crippen LogP contribution in [-0.4, -0.2) is 14.5 Å². The predicted molar refractivity (Wildman–Crippen MR) is 160 cm³/mol. The van der Waals surface area contributed by atoms with E-state index in [1.807, 2.05) is 34.9 Å². The minimum absolute atomic E-state index is 0.00365. The van der Waals surface area contributed by atoms with Crippen LogP contribution in [0.1, 0.15) is 11.1 Å². The van der Waals surface area contributed by atoms with E-state index in [0.717, 1.165) is 5.56 Å². The minimum Gasteiger partial charge on any atom is -0.454 e. The van der Waals surface area contributed by atoms with E-state index in [0.29, 0.717) is 51.4 Å². The standard InChI is InChI=1S/C33H25F2N5O2/c1-20-28(14-16-37-32(20)36)42-29-12-11-24(17-26(29)35)39-33-30-27(13-15-38-33)40(18-21-5-3-2-4-6-21)19-25(31(30)41)22-7-9-23(34)10-8-22/h2-17,19H,18H2,1H3,(H2,36,37)(H,38,39). The molecule has 6 rings (SSSR count). The van der Waals surface area contributed by atoms with Crippen LogP contribution >= 0.6 is 0 Å². The number of nitrogens with one attached hydrogen (secondary N) is 1. The fraction of sp³-hybridized carbons (Fsp3) is 0.0606. The van der Waals surface area contributed by atoms with Crippen LogP contribution in [0.2, 0.25) is 0 Å². The average molecular weight is 562 g/mol. The van der Waals surface area contributed by atoms with Crippen molar-refractivity contribution >= 4 is 28.2 Å². The Kier molecular flexibility index (Phi) is 7.06. The molecular weight excluding hydrogens is 536 g/mol. The first-order valence-corrected chi connectivity index (χ1v) is 13.1. The molecule has 3 aromatic heterocycles. The lowest BCUT2D eigenvalue weighted by Gasteiger charge is -2.17. The van der Waals surface area contributed by atoms with Crippen LogP contribution in [0.3, 0.4) is 0 Å². The highest BCUT2D eigenvalue weighted by molar-refractivity contribution is 5.93. The summed E-state index contributed by atoms with van der Waals surface area (Å²) >= 11 is 0. The summed E-state index contributed by atoms with van der Waals surface area (Å²) in [5.74, 6) is -0.0667. The molecule has 0 saturated carbocycles. The van der Waals surface area contributed by atoms with Crippen LogP contribution in [0.4, 0.5) is 26.1 Å². The molecule has 6 aromatic rings. The fourth-order valence-corrected chi connectivity index (χ4v) is 4.73. The van der Waals surface area contributed by atoms with Crippen molar-refractivity contribution in [2.75, 3.05) is 11.1 Å². The van der Waals surface area contributed by atoms with Crippen LogP contribution in [0.25, 0.3) is 22.0 Å². The minimum atomic E-state index is -0.622. The molecule has 0 aliphatic heterocycles. The van der Waals surface area contributed by atoms with Crippen molar-refractivity contribution in [2.24, 2.45) is 0 Å². The van der Waals surface area contributed by atoms with E-state index in [2.05, 4.69) is 15.3 Å². The van der Waals surface area contributed by atoms with Crippen molar-refractivity contribution in [1.29, 1.82) is 0 Å². The maximum absolute atomic E-state index is 15.2. The second-order valence-electron chi connectivity index (χ2n) is 9.74. The second kappa shape index (κ2) is 11.1. The normalized spacial score (nSPS) is 11.0. The molecule has 9 heteroatoms. The van der Waals surface area contributed by atoms with Crippen molar-refractivity contribution in [3.63, 3.8) is 0 Å². The number of hydrogen-bond acceptors (Lipinski definition) is 6. The van der Waals surface area contributed by atoms with Gasteiger partial charge in [0.15, 0.2) is 11.6 Å². The van der Waals surface area contributed by atoms with Crippen molar-refractivity contribution < 1.29 is 13.5 Å². The van der Waals surface area contributed by atoms with Gasteiger partial charge in [-0.05, 0) is 54.4 Å². The van der Waals surface area contributed by atoms with E-state index in [9.17, 15) is 9.18 Å². The molecule has 208 valence electrons. The Morgan fingerprint density at radius 3 is 2.43 bits per heavy atom. The lowest BCUT2D eigenvalue weighted by Crippen LogP contribution is -2.15. The maximum atomic E-state index is 15.2. The number of aromatic nitrogens is 3. The van der Waals surface area contributed by atoms with E-state index in [1.165, 1.54) is 30.5 Å². The van der Waals surface area contributed by atoms with Crippen LogP contribution in [0, 0.1) is 18.6 Å². The van der Waals surface area contributed by atoms with E-state index >= 15 is 4.39 Å². The van der Waals surface area contributed by atoms with Crippen molar-refractivity contribution in [2.45, 2.75) is 13.5 Å². The Balaban J connectivity index is 1.42. The summed E-state index contributed by atoms with van der Waals surface area (Å²) in [5.41, 5.74) is 9.14. The van der Waals surface area contributed by atoms with Gasteiger partial charge < -0.3 is 20.4 Å². The van der Waals surface area contributed by atoms with E-state index < -0.39 is 11.6 Å². The summed E-state index contributed by atoms with van der Waals surface area (Å²) in [5, 5.41) is 3.43. The van der Waals surface area contributed by atoms with Crippen LogP contribution in [0.5, 0.6) is 11.5 Å². The van der Waals surface area contributed by atoms with Gasteiger partial charge in [0.1, 0.15) is 23.2 Å². The lowest BCUT2D eigenvalue weighted by atomic mass is 10.0. The highest BCUT2D eigenvalue weighted by Gasteiger charge is 2.17. The number of benzene rings is 3. The monoisotopic (exact) mass is 561 g/mol. The zero-order valence-electron chi connectivity index (χ0n) is 22.5. The molecule has 0 radical (unpaired) electrons. The lowest BCUT2D eigenvalue weighted by molar-refractivity contribution is 0.439. The smallest absolute Gasteiger partial charge is 0.200 e. The summed E-state index contributed by atoms with van der Waals surface area (Å²) in [6, 6.07) is 23.3. The van der Waals surface area contributed by atoms with Gasteiger partial charge in [0.2, 0.25) is 5.43 Å². The van der Waals surface area contributed by atoms with Gasteiger partial charge in [0.25, 0.3) is 0 Å². The molecule has 0 fully saturated rings. The molecule has 7 nitrogen and oxygen atoms in total. The molecule has 0 amide bonds. The van der Waals surface area contributed by atoms with Gasteiger partial charge in [-0.1, -0.05) is 42.5 Å². The number of ether oxygens (including phenoxy) is 1. The topological polar surface area (TPSA) is 95.1 Å². The highest BCUT2D eigenvalue weighted by Crippen LogP contribution is 2.32. The van der Waals surface area contributed by atoms with Gasteiger partial charge in [-0.2, -0.15) is 0 Å². The molecule has 3 aromatic carbocycles. The SMILES string of the molecule is Cc1c(Oc2ccc(Nc3nccc4c3c(=O)c(-c3ccc(F)cc3)cn4Cc3ccccc3)cc2F)ccnc1N. The van der Waals surface area contributed by atoms with E-state index in [1.54, 1.807) is 49.6 Å². The fourth-order valence-electron chi connectivity index (χ4n) is 4.73. The molecule has 0 bridgehead atoms. The summed E-state index contributed by atoms with van der Waals surface area (Å²) in [4.78, 5) is 22.4. The number of fused-ring (bicyclic) bond motifs is 1. The van der Waals surface area contributed by atoms with Crippen molar-refractivity contribution in [3.8, 4) is 22.6 Å². The summed E-state index contributed by atoms with van der Waals surface area (Å²) < 4.78 is 36.6. The van der Waals surface area contributed by atoms with Crippen LogP contribution < -0.4 is 21.2 Å². The number of nitrogens with zero attached hydrogens (tertiary/aromatic N) is 3. The zero-order valence-corrected chi connectivity index (χ0v) is 22.5. The van der Waals surface area contributed by atoms with Gasteiger partial charge in [0.05, 0.1) is 10.9 Å². The number of hydrogen-bond donors (Lipinski definition) is 2. The first kappa shape index (κ1) is 26.6. The summed E-state index contributed by atoms with van der Waals surface area (Å²) in [6.45, 7) is 2.22. The zero-order chi connectivity index (χ0) is 29.2. The Morgan fingerprint density at radius 1 is 0.905 bits per heavy atom. The number of rotatable bonds is 7. The van der Waals surface area contributed by atoms with Gasteiger partial charge in [0, 0.05) is 48.0 Å². The molecule has 42 heavy (non-hydrogen) atoms. The second-order valence-corrected chi connectivity index (χ2v) is 9.74. The van der Waals surface area contributed by atoms with Crippen molar-refractivity contribution in [3.05, 3.63) is 137 Å². The molecule has 0 aliphatic rings. The highest BCUT2D eigenvalue weighted by atomic mass is 19.1. The van der Waals surface area contributed by atoms with Crippen molar-refractivity contribution in [1.82, 2.24) is 14.5 Å².